The molecule has 0 spiro atoms. The maximum atomic E-state index is 13.1. The molecule has 0 bridgehead atoms. The van der Waals surface area contributed by atoms with E-state index in [1.807, 2.05) is 39.0 Å². The van der Waals surface area contributed by atoms with E-state index in [9.17, 15) is 14.4 Å². The van der Waals surface area contributed by atoms with Crippen LogP contribution in [0.25, 0.3) is 16.0 Å². The lowest BCUT2D eigenvalue weighted by Gasteiger charge is -2.11. The molecule has 0 atom stereocenters. The van der Waals surface area contributed by atoms with Gasteiger partial charge in [0.25, 0.3) is 5.56 Å². The minimum absolute atomic E-state index is 0.155. The van der Waals surface area contributed by atoms with Crippen LogP contribution in [0.15, 0.2) is 39.2 Å². The number of thiophene rings is 1. The van der Waals surface area contributed by atoms with E-state index in [0.717, 1.165) is 34.3 Å². The predicted molar refractivity (Wildman–Crippen MR) is 119 cm³/mol. The normalized spacial score (nSPS) is 11.4. The number of benzene rings is 1. The number of hydrogen-bond donors (Lipinski definition) is 1. The first kappa shape index (κ1) is 20.1. The second-order valence-electron chi connectivity index (χ2n) is 7.34. The molecule has 1 aromatic carbocycles. The van der Waals surface area contributed by atoms with E-state index in [-0.39, 0.29) is 23.8 Å². The van der Waals surface area contributed by atoms with Crippen LogP contribution in [0, 0.1) is 13.8 Å². The number of carbonyl (C=O) groups is 1. The van der Waals surface area contributed by atoms with Gasteiger partial charge in [-0.1, -0.05) is 31.5 Å². The van der Waals surface area contributed by atoms with Gasteiger partial charge in [0, 0.05) is 12.2 Å². The molecule has 1 N–H and O–H groups in total. The maximum absolute atomic E-state index is 13.1. The number of rotatable bonds is 6. The summed E-state index contributed by atoms with van der Waals surface area (Å²) in [6.45, 7) is 6.10. The van der Waals surface area contributed by atoms with Gasteiger partial charge < -0.3 is 5.32 Å². The fourth-order valence-corrected chi connectivity index (χ4v) is 4.41. The summed E-state index contributed by atoms with van der Waals surface area (Å²) in [5, 5.41) is 9.02. The first-order valence-electron chi connectivity index (χ1n) is 9.88. The molecule has 1 amide bonds. The fraction of sp³-hybridized carbons (Fsp3) is 0.333. The average Bonchev–Trinajstić information content (AvgIpc) is 3.30. The van der Waals surface area contributed by atoms with Crippen molar-refractivity contribution in [2.45, 2.75) is 46.7 Å². The first-order valence-corrected chi connectivity index (χ1v) is 10.8. The number of fused-ring (bicyclic) bond motifs is 3. The highest BCUT2D eigenvalue weighted by Gasteiger charge is 2.19. The van der Waals surface area contributed by atoms with Crippen LogP contribution in [0.5, 0.6) is 0 Å². The Morgan fingerprint density at radius 2 is 1.90 bits per heavy atom. The predicted octanol–water partition coefficient (Wildman–Crippen LogP) is 2.93. The molecule has 0 saturated heterocycles. The maximum Gasteiger partial charge on any atom is 0.352 e. The Bertz CT molecular complexity index is 1360. The molecule has 30 heavy (non-hydrogen) atoms. The van der Waals surface area contributed by atoms with E-state index in [4.69, 9.17) is 0 Å². The quantitative estimate of drug-likeness (QED) is 0.514. The Kier molecular flexibility index (Phi) is 5.29. The monoisotopic (exact) mass is 425 g/mol. The zero-order valence-electron chi connectivity index (χ0n) is 17.1. The Labute approximate surface area is 176 Å². The molecule has 156 valence electrons. The Hall–Kier alpha value is -3.20. The first-order chi connectivity index (χ1) is 14.4. The van der Waals surface area contributed by atoms with E-state index in [0.29, 0.717) is 16.8 Å². The summed E-state index contributed by atoms with van der Waals surface area (Å²) in [5.74, 6) is -0.0776. The summed E-state index contributed by atoms with van der Waals surface area (Å²) >= 11 is 1.30. The van der Waals surface area contributed by atoms with Gasteiger partial charge in [0.1, 0.15) is 11.2 Å². The van der Waals surface area contributed by atoms with Gasteiger partial charge in [-0.05, 0) is 42.8 Å². The van der Waals surface area contributed by atoms with Crippen molar-refractivity contribution in [3.63, 3.8) is 0 Å². The highest BCUT2D eigenvalue weighted by Crippen LogP contribution is 2.20. The van der Waals surface area contributed by atoms with Gasteiger partial charge in [-0.15, -0.1) is 16.4 Å². The number of carbonyl (C=O) groups excluding carboxylic acids is 1. The summed E-state index contributed by atoms with van der Waals surface area (Å²) in [7, 11) is 0. The van der Waals surface area contributed by atoms with Crippen molar-refractivity contribution in [3.05, 3.63) is 61.6 Å². The van der Waals surface area contributed by atoms with Crippen molar-refractivity contribution in [1.29, 1.82) is 0 Å². The number of amides is 1. The van der Waals surface area contributed by atoms with Gasteiger partial charge in [0.05, 0.1) is 5.52 Å². The molecule has 3 aromatic heterocycles. The van der Waals surface area contributed by atoms with Crippen molar-refractivity contribution >= 4 is 38.9 Å². The highest BCUT2D eigenvalue weighted by atomic mass is 32.1. The van der Waals surface area contributed by atoms with Crippen molar-refractivity contribution in [2.75, 3.05) is 5.32 Å². The van der Waals surface area contributed by atoms with Gasteiger partial charge >= 0.3 is 5.69 Å². The molecule has 0 fully saturated rings. The molecule has 0 aliphatic carbocycles. The van der Waals surface area contributed by atoms with Gasteiger partial charge in [-0.3, -0.25) is 14.2 Å². The number of para-hydroxylation sites is 1. The minimum atomic E-state index is -0.435. The summed E-state index contributed by atoms with van der Waals surface area (Å²) < 4.78 is 4.59. The third-order valence-corrected chi connectivity index (χ3v) is 6.05. The standard InChI is InChI=1S/C21H23N5O3S/c1-4-5-10-24-19(28)18-15(9-11-30-18)26-20(24)23-25(21(26)29)12-16(27)22-17-13(2)7-6-8-14(17)3/h6-9,11H,4-5,10,12H2,1-3H3,(H,22,27). The minimum Gasteiger partial charge on any atom is -0.324 e. The molecule has 0 radical (unpaired) electrons. The highest BCUT2D eigenvalue weighted by molar-refractivity contribution is 7.17. The van der Waals surface area contributed by atoms with Crippen LogP contribution in [0.2, 0.25) is 0 Å². The van der Waals surface area contributed by atoms with Crippen molar-refractivity contribution in [2.24, 2.45) is 0 Å². The zero-order valence-corrected chi connectivity index (χ0v) is 18.0. The Morgan fingerprint density at radius 1 is 1.17 bits per heavy atom. The smallest absolute Gasteiger partial charge is 0.324 e. The summed E-state index contributed by atoms with van der Waals surface area (Å²) in [6.07, 6.45) is 1.70. The third kappa shape index (κ3) is 3.35. The summed E-state index contributed by atoms with van der Waals surface area (Å²) in [4.78, 5) is 38.6. The molecular weight excluding hydrogens is 402 g/mol. The Balaban J connectivity index is 1.77. The molecule has 4 rings (SSSR count). The van der Waals surface area contributed by atoms with Crippen molar-refractivity contribution < 1.29 is 4.79 Å². The molecule has 0 saturated carbocycles. The molecule has 8 nitrogen and oxygen atoms in total. The summed E-state index contributed by atoms with van der Waals surface area (Å²) in [5.41, 5.74) is 2.56. The van der Waals surface area contributed by atoms with Crippen LogP contribution < -0.4 is 16.6 Å². The molecule has 4 aromatic rings. The lowest BCUT2D eigenvalue weighted by molar-refractivity contribution is -0.117. The van der Waals surface area contributed by atoms with E-state index in [2.05, 4.69) is 10.4 Å². The molecule has 0 aliphatic heterocycles. The van der Waals surface area contributed by atoms with Crippen LogP contribution in [0.3, 0.4) is 0 Å². The molecule has 0 aliphatic rings. The van der Waals surface area contributed by atoms with E-state index in [1.54, 1.807) is 11.4 Å². The topological polar surface area (TPSA) is 90.4 Å². The lowest BCUT2D eigenvalue weighted by atomic mass is 10.1. The second kappa shape index (κ2) is 7.91. The number of nitrogens with zero attached hydrogens (tertiary/aromatic N) is 4. The van der Waals surface area contributed by atoms with Gasteiger partial charge in [-0.2, -0.15) is 0 Å². The van der Waals surface area contributed by atoms with Gasteiger partial charge in [0.15, 0.2) is 0 Å². The van der Waals surface area contributed by atoms with Crippen molar-refractivity contribution in [3.8, 4) is 0 Å². The number of hydrogen-bond acceptors (Lipinski definition) is 5. The number of aromatic nitrogens is 4. The number of anilines is 1. The number of nitrogens with one attached hydrogen (secondary N) is 1. The third-order valence-electron chi connectivity index (χ3n) is 5.16. The van der Waals surface area contributed by atoms with Crippen LogP contribution in [-0.4, -0.2) is 24.7 Å². The molecule has 9 heteroatoms. The van der Waals surface area contributed by atoms with Crippen LogP contribution >= 0.6 is 11.3 Å². The van der Waals surface area contributed by atoms with E-state index in [1.165, 1.54) is 20.3 Å². The van der Waals surface area contributed by atoms with Crippen LogP contribution in [0.4, 0.5) is 5.69 Å². The summed E-state index contributed by atoms with van der Waals surface area (Å²) in [6, 6.07) is 7.50. The molecule has 3 heterocycles. The van der Waals surface area contributed by atoms with E-state index >= 15 is 0 Å². The van der Waals surface area contributed by atoms with Crippen LogP contribution in [0.1, 0.15) is 30.9 Å². The average molecular weight is 426 g/mol. The molecular formula is C21H23N5O3S. The largest absolute Gasteiger partial charge is 0.352 e. The van der Waals surface area contributed by atoms with E-state index < -0.39 is 5.69 Å². The van der Waals surface area contributed by atoms with Crippen molar-refractivity contribution in [1.82, 2.24) is 18.7 Å². The lowest BCUT2D eigenvalue weighted by Crippen LogP contribution is -2.29. The van der Waals surface area contributed by atoms with Gasteiger partial charge in [-0.25, -0.2) is 13.9 Å². The number of unbranched alkanes of at least 4 members (excludes halogenated alkanes) is 1. The van der Waals surface area contributed by atoms with Gasteiger partial charge in [0.2, 0.25) is 11.7 Å². The SMILES string of the molecule is CCCCn1c(=O)c2sccc2n2c(=O)n(CC(=O)Nc3c(C)cccc3C)nc12. The zero-order chi connectivity index (χ0) is 21.4. The van der Waals surface area contributed by atoms with Crippen LogP contribution in [-0.2, 0) is 17.9 Å². The number of aryl methyl sites for hydroxylation is 3. The Morgan fingerprint density at radius 3 is 2.60 bits per heavy atom. The molecule has 0 unspecified atom stereocenters. The fourth-order valence-electron chi connectivity index (χ4n) is 3.58. The second-order valence-corrected chi connectivity index (χ2v) is 8.25.